The first-order valence-electron chi connectivity index (χ1n) is 2.59. The van der Waals surface area contributed by atoms with E-state index < -0.39 is 22.4 Å². The van der Waals surface area contributed by atoms with E-state index in [-0.39, 0.29) is 5.03 Å². The number of ketones is 2. The topological polar surface area (TPSA) is 54.4 Å². The van der Waals surface area contributed by atoms with Crippen LogP contribution in [0.4, 0.5) is 0 Å². The summed E-state index contributed by atoms with van der Waals surface area (Å²) < 4.78 is 0. The lowest BCUT2D eigenvalue weighted by Gasteiger charge is -2.05. The number of hydrogen-bond donors (Lipinski definition) is 1. The Morgan fingerprint density at radius 3 is 2.27 bits per heavy atom. The molecular formula is C6H2Cl2O3. The predicted octanol–water partition coefficient (Wildman–Crippen LogP) is 1.27. The summed E-state index contributed by atoms with van der Waals surface area (Å²) in [6, 6.07) is 0. The Labute approximate surface area is 71.9 Å². The van der Waals surface area contributed by atoms with Gasteiger partial charge in [0.05, 0.1) is 0 Å². The first kappa shape index (κ1) is 8.30. The standard InChI is InChI=1S/C6H2Cl2O3/c7-4-2(9)1-3(10)6(11)5(4)8/h1,9H. The summed E-state index contributed by atoms with van der Waals surface area (Å²) in [5.74, 6) is -2.23. The lowest BCUT2D eigenvalue weighted by molar-refractivity contribution is -0.131. The van der Waals surface area contributed by atoms with Crippen molar-refractivity contribution in [3.05, 3.63) is 21.9 Å². The van der Waals surface area contributed by atoms with E-state index in [1.807, 2.05) is 0 Å². The molecule has 1 aliphatic carbocycles. The lowest BCUT2D eigenvalue weighted by Crippen LogP contribution is -2.17. The number of allylic oxidation sites excluding steroid dienone is 3. The molecule has 0 bridgehead atoms. The van der Waals surface area contributed by atoms with Gasteiger partial charge in [-0.15, -0.1) is 0 Å². The van der Waals surface area contributed by atoms with Crippen molar-refractivity contribution in [3.63, 3.8) is 0 Å². The van der Waals surface area contributed by atoms with Crippen LogP contribution in [0.5, 0.6) is 0 Å². The van der Waals surface area contributed by atoms with Gasteiger partial charge in [-0.1, -0.05) is 23.2 Å². The first-order chi connectivity index (χ1) is 5.04. The maximum Gasteiger partial charge on any atom is 0.246 e. The third-order valence-electron chi connectivity index (χ3n) is 1.11. The molecule has 0 aliphatic heterocycles. The highest BCUT2D eigenvalue weighted by atomic mass is 35.5. The number of rotatable bonds is 0. The van der Waals surface area contributed by atoms with Gasteiger partial charge >= 0.3 is 0 Å². The molecule has 0 amide bonds. The second-order valence-electron chi connectivity index (χ2n) is 1.85. The SMILES string of the molecule is O=C1C=C(O)C(Cl)=C(Cl)C1=O. The number of hydrogen-bond acceptors (Lipinski definition) is 3. The molecule has 1 N–H and O–H groups in total. The fraction of sp³-hybridized carbons (Fsp3) is 0. The smallest absolute Gasteiger partial charge is 0.246 e. The van der Waals surface area contributed by atoms with E-state index in [4.69, 9.17) is 28.3 Å². The molecule has 0 heterocycles. The Kier molecular flexibility index (Phi) is 2.02. The van der Waals surface area contributed by atoms with Crippen LogP contribution in [-0.4, -0.2) is 16.7 Å². The zero-order valence-electron chi connectivity index (χ0n) is 5.10. The van der Waals surface area contributed by atoms with Crippen LogP contribution in [0.15, 0.2) is 21.9 Å². The summed E-state index contributed by atoms with van der Waals surface area (Å²) in [6.45, 7) is 0. The maximum absolute atomic E-state index is 10.7. The van der Waals surface area contributed by atoms with Crippen LogP contribution in [-0.2, 0) is 9.59 Å². The van der Waals surface area contributed by atoms with Crippen molar-refractivity contribution in [2.45, 2.75) is 0 Å². The van der Waals surface area contributed by atoms with Crippen LogP contribution < -0.4 is 0 Å². The third-order valence-corrected chi connectivity index (χ3v) is 1.95. The van der Waals surface area contributed by atoms with Gasteiger partial charge in [0.25, 0.3) is 0 Å². The molecular weight excluding hydrogens is 191 g/mol. The van der Waals surface area contributed by atoms with Crippen molar-refractivity contribution in [2.24, 2.45) is 0 Å². The third kappa shape index (κ3) is 1.29. The van der Waals surface area contributed by atoms with Crippen LogP contribution in [0.25, 0.3) is 0 Å². The average molecular weight is 193 g/mol. The summed E-state index contributed by atoms with van der Waals surface area (Å²) in [5, 5.41) is 8.14. The Morgan fingerprint density at radius 1 is 1.18 bits per heavy atom. The molecule has 0 aromatic heterocycles. The lowest BCUT2D eigenvalue weighted by atomic mass is 10.1. The largest absolute Gasteiger partial charge is 0.506 e. The fourth-order valence-electron chi connectivity index (χ4n) is 0.573. The van der Waals surface area contributed by atoms with Crippen LogP contribution in [0.2, 0.25) is 0 Å². The van der Waals surface area contributed by atoms with E-state index in [2.05, 4.69) is 0 Å². The Morgan fingerprint density at radius 2 is 1.73 bits per heavy atom. The molecule has 0 saturated heterocycles. The first-order valence-corrected chi connectivity index (χ1v) is 3.34. The molecule has 0 atom stereocenters. The molecule has 0 saturated carbocycles. The average Bonchev–Trinajstić information content (AvgIpc) is 1.97. The van der Waals surface area contributed by atoms with E-state index >= 15 is 0 Å². The molecule has 58 valence electrons. The number of aliphatic hydroxyl groups is 1. The Hall–Kier alpha value is -0.800. The van der Waals surface area contributed by atoms with Gasteiger partial charge in [-0.3, -0.25) is 9.59 Å². The van der Waals surface area contributed by atoms with Crippen LogP contribution >= 0.6 is 23.2 Å². The van der Waals surface area contributed by atoms with E-state index in [9.17, 15) is 9.59 Å². The van der Waals surface area contributed by atoms with Crippen molar-refractivity contribution in [1.29, 1.82) is 0 Å². The minimum absolute atomic E-state index is 0.281. The molecule has 1 rings (SSSR count). The summed E-state index contributed by atoms with van der Waals surface area (Å²) >= 11 is 10.6. The predicted molar refractivity (Wildman–Crippen MR) is 39.5 cm³/mol. The highest BCUT2D eigenvalue weighted by Gasteiger charge is 2.26. The van der Waals surface area contributed by atoms with Gasteiger partial charge in [0.15, 0.2) is 0 Å². The van der Waals surface area contributed by atoms with Crippen molar-refractivity contribution in [2.75, 3.05) is 0 Å². The highest BCUT2D eigenvalue weighted by Crippen LogP contribution is 2.25. The number of Topliss-reactive ketones (excluding diaryl/α,β-unsaturated/α-hetero) is 1. The molecule has 0 fully saturated rings. The van der Waals surface area contributed by atoms with Crippen molar-refractivity contribution < 1.29 is 14.7 Å². The zero-order valence-corrected chi connectivity index (χ0v) is 6.61. The maximum atomic E-state index is 10.7. The van der Waals surface area contributed by atoms with E-state index in [1.54, 1.807) is 0 Å². The van der Waals surface area contributed by atoms with Crippen LogP contribution in [0.1, 0.15) is 0 Å². The van der Waals surface area contributed by atoms with Crippen LogP contribution in [0, 0.1) is 0 Å². The fourth-order valence-corrected chi connectivity index (χ4v) is 0.904. The minimum Gasteiger partial charge on any atom is -0.506 e. The Balaban J connectivity index is 3.22. The molecule has 11 heavy (non-hydrogen) atoms. The molecule has 0 unspecified atom stereocenters. The van der Waals surface area contributed by atoms with Gasteiger partial charge in [0.2, 0.25) is 11.6 Å². The molecule has 0 radical (unpaired) electrons. The number of aliphatic hydroxyl groups excluding tert-OH is 1. The van der Waals surface area contributed by atoms with E-state index in [0.29, 0.717) is 0 Å². The molecule has 0 aromatic carbocycles. The van der Waals surface area contributed by atoms with Gasteiger partial charge in [0, 0.05) is 6.08 Å². The van der Waals surface area contributed by atoms with Gasteiger partial charge in [-0.05, 0) is 0 Å². The Bertz CT molecular complexity index is 301. The normalized spacial score (nSPS) is 18.9. The van der Waals surface area contributed by atoms with Crippen LogP contribution in [0.3, 0.4) is 0 Å². The van der Waals surface area contributed by atoms with Crippen molar-refractivity contribution >= 4 is 34.8 Å². The van der Waals surface area contributed by atoms with Gasteiger partial charge < -0.3 is 5.11 Å². The van der Waals surface area contributed by atoms with Gasteiger partial charge in [-0.2, -0.15) is 0 Å². The molecule has 3 nitrogen and oxygen atoms in total. The summed E-state index contributed by atoms with van der Waals surface area (Å²) in [4.78, 5) is 21.3. The van der Waals surface area contributed by atoms with E-state index in [1.165, 1.54) is 0 Å². The second-order valence-corrected chi connectivity index (χ2v) is 2.61. The van der Waals surface area contributed by atoms with Gasteiger partial charge in [0.1, 0.15) is 15.8 Å². The summed E-state index contributed by atoms with van der Waals surface area (Å²) in [6.07, 6.45) is 0.733. The highest BCUT2D eigenvalue weighted by molar-refractivity contribution is 6.63. The number of halogens is 2. The van der Waals surface area contributed by atoms with E-state index in [0.717, 1.165) is 6.08 Å². The van der Waals surface area contributed by atoms with Gasteiger partial charge in [-0.25, -0.2) is 0 Å². The monoisotopic (exact) mass is 192 g/mol. The quantitative estimate of drug-likeness (QED) is 0.465. The second kappa shape index (κ2) is 2.68. The summed E-state index contributed by atoms with van der Waals surface area (Å²) in [7, 11) is 0. The zero-order chi connectivity index (χ0) is 8.59. The minimum atomic E-state index is -0.894. The molecule has 1 aliphatic rings. The number of carbonyl (C=O) groups is 2. The van der Waals surface area contributed by atoms with Crippen molar-refractivity contribution in [3.8, 4) is 0 Å². The van der Waals surface area contributed by atoms with Crippen molar-refractivity contribution in [1.82, 2.24) is 0 Å². The molecule has 0 aromatic rings. The molecule has 5 heteroatoms. The molecule has 0 spiro atoms. The number of carbonyl (C=O) groups excluding carboxylic acids is 2. The summed E-state index contributed by atoms with van der Waals surface area (Å²) in [5.41, 5.74) is 0.